The molecule has 0 aliphatic heterocycles. The Labute approximate surface area is 77.8 Å². The largest absolute Gasteiger partial charge is 0.385 e. The number of hydrogen-bond donors (Lipinski definition) is 2. The molecule has 0 amide bonds. The maximum Gasteiger partial charge on any atom is 0.0896 e. The molecule has 0 bridgehead atoms. The minimum Gasteiger partial charge on any atom is -0.385 e. The molecule has 2 heteroatoms. The van der Waals surface area contributed by atoms with E-state index in [1.54, 1.807) is 0 Å². The van der Waals surface area contributed by atoms with Gasteiger partial charge in [0.1, 0.15) is 0 Å². The van der Waals surface area contributed by atoms with Crippen LogP contribution in [0.4, 0.5) is 0 Å². The molecule has 0 aromatic heterocycles. The van der Waals surface area contributed by atoms with Crippen molar-refractivity contribution in [1.82, 2.24) is 0 Å². The Morgan fingerprint density at radius 1 is 1.17 bits per heavy atom. The van der Waals surface area contributed by atoms with E-state index in [0.717, 1.165) is 29.7 Å². The predicted octanol–water partition coefficient (Wildman–Crippen LogP) is 2.35. The highest BCUT2D eigenvalue weighted by molar-refractivity contribution is 7.80. The minimum atomic E-state index is -0.526. The van der Waals surface area contributed by atoms with Crippen molar-refractivity contribution in [3.05, 3.63) is 29.8 Å². The Balaban J connectivity index is 2.28. The Kier molecular flexibility index (Phi) is 1.89. The van der Waals surface area contributed by atoms with E-state index < -0.39 is 5.60 Å². The van der Waals surface area contributed by atoms with Gasteiger partial charge in [-0.15, -0.1) is 12.6 Å². The highest BCUT2D eigenvalue weighted by Crippen LogP contribution is 2.40. The van der Waals surface area contributed by atoms with Crippen molar-refractivity contribution in [1.29, 1.82) is 0 Å². The molecule has 1 nitrogen and oxygen atoms in total. The quantitative estimate of drug-likeness (QED) is 0.636. The molecule has 0 atom stereocenters. The van der Waals surface area contributed by atoms with E-state index in [9.17, 15) is 5.11 Å². The molecule has 12 heavy (non-hydrogen) atoms. The first-order valence-corrected chi connectivity index (χ1v) is 4.67. The van der Waals surface area contributed by atoms with Gasteiger partial charge in [0.05, 0.1) is 5.60 Å². The molecule has 1 aromatic carbocycles. The van der Waals surface area contributed by atoms with Crippen LogP contribution in [0.25, 0.3) is 0 Å². The standard InChI is InChI=1S/C10H12OS/c11-10(6-1-7-10)8-2-4-9(12)5-3-8/h2-5,11-12H,1,6-7H2. The number of hydrogen-bond acceptors (Lipinski definition) is 2. The number of thiol groups is 1. The van der Waals surface area contributed by atoms with Crippen LogP contribution >= 0.6 is 12.6 Å². The molecule has 0 unspecified atom stereocenters. The monoisotopic (exact) mass is 180 g/mol. The van der Waals surface area contributed by atoms with Crippen LogP contribution in [0, 0.1) is 0 Å². The van der Waals surface area contributed by atoms with E-state index in [-0.39, 0.29) is 0 Å². The van der Waals surface area contributed by atoms with Crippen LogP contribution in [0.3, 0.4) is 0 Å². The predicted molar refractivity (Wildman–Crippen MR) is 51.4 cm³/mol. The van der Waals surface area contributed by atoms with Crippen LogP contribution < -0.4 is 0 Å². The van der Waals surface area contributed by atoms with Crippen LogP contribution in [0.15, 0.2) is 29.2 Å². The minimum absolute atomic E-state index is 0.526. The van der Waals surface area contributed by atoms with Gasteiger partial charge < -0.3 is 5.11 Å². The zero-order chi connectivity index (χ0) is 8.60. The summed E-state index contributed by atoms with van der Waals surface area (Å²) in [5.74, 6) is 0. The molecule has 1 aliphatic carbocycles. The first kappa shape index (κ1) is 8.14. The molecule has 1 saturated carbocycles. The van der Waals surface area contributed by atoms with Gasteiger partial charge in [-0.2, -0.15) is 0 Å². The molecule has 1 aromatic rings. The summed E-state index contributed by atoms with van der Waals surface area (Å²) >= 11 is 4.19. The van der Waals surface area contributed by atoms with Gasteiger partial charge in [0.2, 0.25) is 0 Å². The second kappa shape index (κ2) is 2.79. The fourth-order valence-corrected chi connectivity index (χ4v) is 1.72. The third kappa shape index (κ3) is 1.25. The highest BCUT2D eigenvalue weighted by atomic mass is 32.1. The first-order valence-electron chi connectivity index (χ1n) is 4.23. The summed E-state index contributed by atoms with van der Waals surface area (Å²) in [5, 5.41) is 9.95. The summed E-state index contributed by atoms with van der Waals surface area (Å²) in [6, 6.07) is 7.77. The normalized spacial score (nSPS) is 20.2. The van der Waals surface area contributed by atoms with Crippen LogP contribution in [0.1, 0.15) is 24.8 Å². The summed E-state index contributed by atoms with van der Waals surface area (Å²) in [7, 11) is 0. The van der Waals surface area contributed by atoms with Gasteiger partial charge in [-0.1, -0.05) is 12.1 Å². The smallest absolute Gasteiger partial charge is 0.0896 e. The number of rotatable bonds is 1. The molecular weight excluding hydrogens is 168 g/mol. The maximum absolute atomic E-state index is 9.95. The van der Waals surface area contributed by atoms with Crippen molar-refractivity contribution >= 4 is 12.6 Å². The third-order valence-electron chi connectivity index (χ3n) is 2.59. The van der Waals surface area contributed by atoms with Crippen molar-refractivity contribution in [2.75, 3.05) is 0 Å². The first-order chi connectivity index (χ1) is 5.71. The Bertz CT molecular complexity index is 274. The topological polar surface area (TPSA) is 20.2 Å². The second-order valence-corrected chi connectivity index (χ2v) is 3.95. The fourth-order valence-electron chi connectivity index (χ4n) is 1.57. The molecule has 2 rings (SSSR count). The molecule has 0 radical (unpaired) electrons. The summed E-state index contributed by atoms with van der Waals surface area (Å²) in [5.41, 5.74) is 0.508. The molecule has 1 aliphatic rings. The van der Waals surface area contributed by atoms with E-state index in [0.29, 0.717) is 0 Å². The van der Waals surface area contributed by atoms with Gasteiger partial charge in [-0.3, -0.25) is 0 Å². The van der Waals surface area contributed by atoms with E-state index in [4.69, 9.17) is 0 Å². The lowest BCUT2D eigenvalue weighted by molar-refractivity contribution is -0.0388. The Morgan fingerprint density at radius 3 is 2.17 bits per heavy atom. The van der Waals surface area contributed by atoms with Crippen LogP contribution in [-0.2, 0) is 5.60 Å². The van der Waals surface area contributed by atoms with E-state index in [1.165, 1.54) is 0 Å². The Hall–Kier alpha value is -0.470. The van der Waals surface area contributed by atoms with Gasteiger partial charge in [0.15, 0.2) is 0 Å². The van der Waals surface area contributed by atoms with Gasteiger partial charge >= 0.3 is 0 Å². The fraction of sp³-hybridized carbons (Fsp3) is 0.400. The lowest BCUT2D eigenvalue weighted by Crippen LogP contribution is -2.33. The molecule has 0 heterocycles. The summed E-state index contributed by atoms with van der Waals surface area (Å²) in [4.78, 5) is 0.946. The molecule has 1 N–H and O–H groups in total. The summed E-state index contributed by atoms with van der Waals surface area (Å²) < 4.78 is 0. The molecule has 1 fully saturated rings. The van der Waals surface area contributed by atoms with Gasteiger partial charge in [-0.05, 0) is 37.0 Å². The van der Waals surface area contributed by atoms with Gasteiger partial charge in [-0.25, -0.2) is 0 Å². The molecule has 0 saturated heterocycles. The van der Waals surface area contributed by atoms with Gasteiger partial charge in [0.25, 0.3) is 0 Å². The van der Waals surface area contributed by atoms with E-state index in [1.807, 2.05) is 24.3 Å². The lowest BCUT2D eigenvalue weighted by Gasteiger charge is -2.37. The zero-order valence-corrected chi connectivity index (χ0v) is 7.72. The number of benzene rings is 1. The highest BCUT2D eigenvalue weighted by Gasteiger charge is 2.35. The summed E-state index contributed by atoms with van der Waals surface area (Å²) in [6.07, 6.45) is 2.94. The van der Waals surface area contributed by atoms with Crippen LogP contribution in [-0.4, -0.2) is 5.11 Å². The van der Waals surface area contributed by atoms with E-state index in [2.05, 4.69) is 12.6 Å². The average Bonchev–Trinajstić information content (AvgIpc) is 2.02. The zero-order valence-electron chi connectivity index (χ0n) is 6.83. The van der Waals surface area contributed by atoms with Crippen molar-refractivity contribution in [3.63, 3.8) is 0 Å². The maximum atomic E-state index is 9.95. The van der Waals surface area contributed by atoms with E-state index >= 15 is 0 Å². The second-order valence-electron chi connectivity index (χ2n) is 3.43. The van der Waals surface area contributed by atoms with Crippen molar-refractivity contribution < 1.29 is 5.11 Å². The molecular formula is C10H12OS. The molecule has 64 valence electrons. The summed E-state index contributed by atoms with van der Waals surface area (Å²) in [6.45, 7) is 0. The van der Waals surface area contributed by atoms with Gasteiger partial charge in [0, 0.05) is 4.90 Å². The third-order valence-corrected chi connectivity index (χ3v) is 2.88. The number of aliphatic hydroxyl groups is 1. The van der Waals surface area contributed by atoms with Crippen molar-refractivity contribution in [2.24, 2.45) is 0 Å². The molecule has 0 spiro atoms. The van der Waals surface area contributed by atoms with Crippen molar-refractivity contribution in [2.45, 2.75) is 29.8 Å². The average molecular weight is 180 g/mol. The van der Waals surface area contributed by atoms with Crippen LogP contribution in [0.2, 0.25) is 0 Å². The van der Waals surface area contributed by atoms with Crippen LogP contribution in [0.5, 0.6) is 0 Å². The SMILES string of the molecule is OC1(c2ccc(S)cc2)CCC1. The Morgan fingerprint density at radius 2 is 1.75 bits per heavy atom. The lowest BCUT2D eigenvalue weighted by atomic mass is 9.75. The van der Waals surface area contributed by atoms with Crippen molar-refractivity contribution in [3.8, 4) is 0 Å².